The summed E-state index contributed by atoms with van der Waals surface area (Å²) in [7, 11) is 0. The molecule has 0 aromatic heterocycles. The van der Waals surface area contributed by atoms with Crippen LogP contribution in [0, 0.1) is 0 Å². The predicted molar refractivity (Wildman–Crippen MR) is 113 cm³/mol. The Kier molecular flexibility index (Phi) is 10.6. The number of aliphatic carboxylic acids is 1. The molecular formula is C18H28N6O4S. The van der Waals surface area contributed by atoms with Crippen LogP contribution in [0.15, 0.2) is 35.3 Å². The molecule has 2 amide bonds. The molecule has 0 spiro atoms. The number of carboxylic acid groups (broad SMARTS) is 1. The van der Waals surface area contributed by atoms with Crippen LogP contribution in [0.25, 0.3) is 0 Å². The van der Waals surface area contributed by atoms with E-state index in [1.54, 1.807) is 0 Å². The second-order valence-electron chi connectivity index (χ2n) is 6.39. The SMILES string of the molecule is NC(N)=NCCCC(NC(=O)C(CS)NC(=O)C(N)Cc1ccccc1)C(=O)O. The van der Waals surface area contributed by atoms with Crippen molar-refractivity contribution in [3.05, 3.63) is 35.9 Å². The number of thiol groups is 1. The van der Waals surface area contributed by atoms with Crippen molar-refractivity contribution in [2.75, 3.05) is 12.3 Å². The largest absolute Gasteiger partial charge is 0.480 e. The molecule has 160 valence electrons. The summed E-state index contributed by atoms with van der Waals surface area (Å²) in [6, 6.07) is 6.19. The van der Waals surface area contributed by atoms with E-state index in [1.807, 2.05) is 30.3 Å². The van der Waals surface area contributed by atoms with Crippen molar-refractivity contribution in [3.8, 4) is 0 Å². The lowest BCUT2D eigenvalue weighted by Crippen LogP contribution is -2.55. The molecule has 11 heteroatoms. The Hall–Kier alpha value is -2.79. The van der Waals surface area contributed by atoms with Gasteiger partial charge >= 0.3 is 5.97 Å². The standard InChI is InChI=1S/C18H28N6O4S/c19-12(9-11-5-2-1-3-6-11)15(25)24-14(10-29)16(26)23-13(17(27)28)7-4-8-22-18(20)21/h1-3,5-6,12-14,29H,4,7-10,19H2,(H,23,26)(H,24,25)(H,27,28)(H4,20,21,22). The van der Waals surface area contributed by atoms with Gasteiger partial charge in [0, 0.05) is 12.3 Å². The van der Waals surface area contributed by atoms with Gasteiger partial charge in [-0.2, -0.15) is 12.6 Å². The second kappa shape index (κ2) is 12.6. The van der Waals surface area contributed by atoms with Gasteiger partial charge in [-0.15, -0.1) is 0 Å². The molecule has 3 unspecified atom stereocenters. The van der Waals surface area contributed by atoms with Crippen LogP contribution in [0.5, 0.6) is 0 Å². The van der Waals surface area contributed by atoms with E-state index in [1.165, 1.54) is 0 Å². The van der Waals surface area contributed by atoms with Crippen molar-refractivity contribution in [2.24, 2.45) is 22.2 Å². The van der Waals surface area contributed by atoms with E-state index in [0.717, 1.165) is 5.56 Å². The minimum atomic E-state index is -1.20. The maximum atomic E-state index is 12.4. The Morgan fingerprint density at radius 3 is 2.24 bits per heavy atom. The molecule has 1 aromatic carbocycles. The monoisotopic (exact) mass is 424 g/mol. The van der Waals surface area contributed by atoms with Crippen LogP contribution in [-0.4, -0.2) is 59.3 Å². The fraction of sp³-hybridized carbons (Fsp3) is 0.444. The van der Waals surface area contributed by atoms with Crippen molar-refractivity contribution in [1.29, 1.82) is 0 Å². The van der Waals surface area contributed by atoms with Crippen molar-refractivity contribution in [1.82, 2.24) is 10.6 Å². The molecule has 0 saturated heterocycles. The summed E-state index contributed by atoms with van der Waals surface area (Å²) in [5.74, 6) is -2.49. The Labute approximate surface area is 174 Å². The van der Waals surface area contributed by atoms with E-state index in [-0.39, 0.29) is 24.7 Å². The lowest BCUT2D eigenvalue weighted by molar-refractivity contribution is -0.142. The van der Waals surface area contributed by atoms with Crippen LogP contribution < -0.4 is 27.8 Å². The maximum absolute atomic E-state index is 12.4. The summed E-state index contributed by atoms with van der Waals surface area (Å²) in [6.45, 7) is 0.239. The van der Waals surface area contributed by atoms with Gasteiger partial charge in [0.05, 0.1) is 6.04 Å². The number of nitrogens with zero attached hydrogens (tertiary/aromatic N) is 1. The summed E-state index contributed by atoms with van der Waals surface area (Å²) in [5.41, 5.74) is 17.2. The molecule has 0 fully saturated rings. The number of guanidine groups is 1. The average molecular weight is 425 g/mol. The first-order chi connectivity index (χ1) is 13.7. The average Bonchev–Trinajstić information content (AvgIpc) is 2.68. The first kappa shape index (κ1) is 24.2. The highest BCUT2D eigenvalue weighted by molar-refractivity contribution is 7.80. The van der Waals surface area contributed by atoms with Crippen LogP contribution >= 0.6 is 12.6 Å². The Morgan fingerprint density at radius 2 is 1.69 bits per heavy atom. The van der Waals surface area contributed by atoms with Crippen molar-refractivity contribution >= 4 is 36.4 Å². The summed E-state index contributed by atoms with van der Waals surface area (Å²) >= 11 is 4.07. The summed E-state index contributed by atoms with van der Waals surface area (Å²) in [4.78, 5) is 39.9. The molecule has 29 heavy (non-hydrogen) atoms. The number of hydrogen-bond acceptors (Lipinski definition) is 6. The van der Waals surface area contributed by atoms with Crippen LogP contribution in [0.2, 0.25) is 0 Å². The highest BCUT2D eigenvalue weighted by Gasteiger charge is 2.27. The van der Waals surface area contributed by atoms with Gasteiger partial charge < -0.3 is 32.9 Å². The summed E-state index contributed by atoms with van der Waals surface area (Å²) in [5, 5.41) is 14.2. The van der Waals surface area contributed by atoms with E-state index in [0.29, 0.717) is 12.8 Å². The number of nitrogens with one attached hydrogen (secondary N) is 2. The molecule has 1 rings (SSSR count). The van der Waals surface area contributed by atoms with E-state index in [9.17, 15) is 19.5 Å². The molecule has 0 aliphatic carbocycles. The van der Waals surface area contributed by atoms with Crippen LogP contribution in [0.1, 0.15) is 18.4 Å². The van der Waals surface area contributed by atoms with E-state index < -0.39 is 35.9 Å². The van der Waals surface area contributed by atoms with E-state index >= 15 is 0 Å². The number of carbonyl (C=O) groups excluding carboxylic acids is 2. The molecule has 10 nitrogen and oxygen atoms in total. The number of nitrogens with two attached hydrogens (primary N) is 3. The van der Waals surface area contributed by atoms with Gasteiger partial charge in [-0.1, -0.05) is 30.3 Å². The van der Waals surface area contributed by atoms with E-state index in [4.69, 9.17) is 17.2 Å². The maximum Gasteiger partial charge on any atom is 0.326 e. The molecule has 9 N–H and O–H groups in total. The zero-order valence-corrected chi connectivity index (χ0v) is 16.8. The lowest BCUT2D eigenvalue weighted by Gasteiger charge is -2.21. The zero-order valence-electron chi connectivity index (χ0n) is 16.0. The van der Waals surface area contributed by atoms with Gasteiger partial charge in [0.2, 0.25) is 11.8 Å². The molecule has 0 bridgehead atoms. The number of amides is 2. The Morgan fingerprint density at radius 1 is 1.07 bits per heavy atom. The number of carboxylic acids is 1. The lowest BCUT2D eigenvalue weighted by atomic mass is 10.1. The molecule has 0 radical (unpaired) electrons. The normalized spacial score (nSPS) is 13.6. The molecule has 0 aliphatic rings. The highest BCUT2D eigenvalue weighted by atomic mass is 32.1. The zero-order chi connectivity index (χ0) is 21.8. The first-order valence-corrected chi connectivity index (χ1v) is 9.67. The molecule has 0 heterocycles. The molecule has 0 saturated carbocycles. The first-order valence-electron chi connectivity index (χ1n) is 9.04. The highest BCUT2D eigenvalue weighted by Crippen LogP contribution is 2.04. The van der Waals surface area contributed by atoms with Gasteiger partial charge in [-0.25, -0.2) is 4.79 Å². The minimum Gasteiger partial charge on any atom is -0.480 e. The Balaban J connectivity index is 2.60. The van der Waals surface area contributed by atoms with E-state index in [2.05, 4.69) is 28.3 Å². The second-order valence-corrected chi connectivity index (χ2v) is 6.75. The molecule has 0 aliphatic heterocycles. The summed E-state index contributed by atoms with van der Waals surface area (Å²) in [6.07, 6.45) is 0.781. The topological polar surface area (TPSA) is 186 Å². The Bertz CT molecular complexity index is 712. The van der Waals surface area contributed by atoms with Crippen LogP contribution in [0.3, 0.4) is 0 Å². The summed E-state index contributed by atoms with van der Waals surface area (Å²) < 4.78 is 0. The van der Waals surface area contributed by atoms with Crippen molar-refractivity contribution in [2.45, 2.75) is 37.4 Å². The van der Waals surface area contributed by atoms with Gasteiger partial charge in [-0.3, -0.25) is 14.6 Å². The number of rotatable bonds is 12. The van der Waals surface area contributed by atoms with Gasteiger partial charge in [0.15, 0.2) is 5.96 Å². The van der Waals surface area contributed by atoms with Crippen molar-refractivity contribution < 1.29 is 19.5 Å². The van der Waals surface area contributed by atoms with Gasteiger partial charge in [0.1, 0.15) is 12.1 Å². The number of aliphatic imine (C=N–C) groups is 1. The quantitative estimate of drug-likeness (QED) is 0.0929. The third-order valence-electron chi connectivity index (χ3n) is 4.01. The fourth-order valence-corrected chi connectivity index (χ4v) is 2.72. The van der Waals surface area contributed by atoms with Crippen molar-refractivity contribution in [3.63, 3.8) is 0 Å². The van der Waals surface area contributed by atoms with Crippen LogP contribution in [-0.2, 0) is 20.8 Å². The minimum absolute atomic E-state index is 0.0179. The third kappa shape index (κ3) is 9.30. The number of benzene rings is 1. The van der Waals surface area contributed by atoms with Gasteiger partial charge in [-0.05, 0) is 24.8 Å². The molecule has 1 aromatic rings. The smallest absolute Gasteiger partial charge is 0.326 e. The third-order valence-corrected chi connectivity index (χ3v) is 4.38. The molecule has 3 atom stereocenters. The molecular weight excluding hydrogens is 396 g/mol. The van der Waals surface area contributed by atoms with Crippen LogP contribution in [0.4, 0.5) is 0 Å². The fourth-order valence-electron chi connectivity index (χ4n) is 2.47. The predicted octanol–water partition coefficient (Wildman–Crippen LogP) is -1.41. The number of carbonyl (C=O) groups is 3. The van der Waals surface area contributed by atoms with Gasteiger partial charge in [0.25, 0.3) is 0 Å². The number of hydrogen-bond donors (Lipinski definition) is 7.